The molecule has 3 N–H and O–H groups in total. The predicted octanol–water partition coefficient (Wildman–Crippen LogP) is 0.665. The first-order chi connectivity index (χ1) is 5.77. The lowest BCUT2D eigenvalue weighted by atomic mass is 10.2. The van der Waals surface area contributed by atoms with E-state index in [2.05, 4.69) is 10.4 Å². The molecule has 0 aliphatic heterocycles. The third-order valence-electron chi connectivity index (χ3n) is 1.48. The number of aliphatic imine (C=N–C) groups is 1. The van der Waals surface area contributed by atoms with Crippen LogP contribution in [0, 0.1) is 5.82 Å². The van der Waals surface area contributed by atoms with Crippen molar-refractivity contribution < 1.29 is 4.39 Å². The summed E-state index contributed by atoms with van der Waals surface area (Å²) in [6, 6.07) is 5.94. The molecule has 0 aromatic heterocycles. The Balaban J connectivity index is 2.96. The highest BCUT2D eigenvalue weighted by Crippen LogP contribution is 2.02. The van der Waals surface area contributed by atoms with Gasteiger partial charge >= 0.3 is 0 Å². The number of nitrogens with two attached hydrogens (primary N) is 1. The number of hydrogen-bond donors (Lipinski definition) is 2. The summed E-state index contributed by atoms with van der Waals surface area (Å²) in [4.78, 5) is 3.86. The zero-order valence-corrected chi connectivity index (χ0v) is 6.71. The van der Waals surface area contributed by atoms with Crippen LogP contribution in [0.5, 0.6) is 0 Å². The molecule has 1 aromatic rings. The molecule has 3 nitrogen and oxygen atoms in total. The summed E-state index contributed by atoms with van der Waals surface area (Å²) in [5.74, 6) is 5.44. The van der Waals surface area contributed by atoms with Crippen LogP contribution >= 0.6 is 0 Å². The number of hydrogen-bond acceptors (Lipinski definition) is 2. The molecule has 0 aliphatic carbocycles. The zero-order chi connectivity index (χ0) is 8.97. The number of benzene rings is 1. The van der Waals surface area contributed by atoms with Gasteiger partial charge in [-0.1, -0.05) is 0 Å². The molecule has 0 bridgehead atoms. The van der Waals surface area contributed by atoms with E-state index < -0.39 is 0 Å². The summed E-state index contributed by atoms with van der Waals surface area (Å²) in [7, 11) is 1.61. The number of nitrogens with zero attached hydrogens (tertiary/aromatic N) is 1. The Morgan fingerprint density at radius 2 is 2.00 bits per heavy atom. The maximum Gasteiger partial charge on any atom is 0.142 e. The first kappa shape index (κ1) is 8.67. The number of halogens is 1. The largest absolute Gasteiger partial charge is 0.308 e. The average molecular weight is 167 g/mol. The smallest absolute Gasteiger partial charge is 0.142 e. The van der Waals surface area contributed by atoms with Crippen LogP contribution in [0.1, 0.15) is 5.56 Å². The molecule has 0 fully saturated rings. The van der Waals surface area contributed by atoms with Crippen molar-refractivity contribution in [1.82, 2.24) is 5.43 Å². The molecule has 0 heterocycles. The Labute approximate surface area is 70.1 Å². The first-order valence-corrected chi connectivity index (χ1v) is 3.47. The van der Waals surface area contributed by atoms with E-state index >= 15 is 0 Å². The van der Waals surface area contributed by atoms with Crippen molar-refractivity contribution in [1.29, 1.82) is 0 Å². The van der Waals surface area contributed by atoms with Gasteiger partial charge in [0.05, 0.1) is 0 Å². The Bertz CT molecular complexity index is 279. The highest BCUT2D eigenvalue weighted by atomic mass is 19.1. The van der Waals surface area contributed by atoms with Crippen molar-refractivity contribution in [2.75, 3.05) is 7.05 Å². The minimum absolute atomic E-state index is 0.272. The summed E-state index contributed by atoms with van der Waals surface area (Å²) >= 11 is 0. The van der Waals surface area contributed by atoms with E-state index in [0.29, 0.717) is 5.84 Å². The molecule has 64 valence electrons. The van der Waals surface area contributed by atoms with Gasteiger partial charge in [0.15, 0.2) is 0 Å². The van der Waals surface area contributed by atoms with Gasteiger partial charge in [0, 0.05) is 12.6 Å². The van der Waals surface area contributed by atoms with Crippen molar-refractivity contribution in [3.63, 3.8) is 0 Å². The lowest BCUT2D eigenvalue weighted by Crippen LogP contribution is -2.30. The van der Waals surface area contributed by atoms with Gasteiger partial charge in [0.1, 0.15) is 11.7 Å². The number of nitrogens with one attached hydrogen (secondary N) is 1. The average Bonchev–Trinajstić information content (AvgIpc) is 2.10. The molecule has 0 unspecified atom stereocenters. The molecule has 1 aromatic carbocycles. The summed E-state index contributed by atoms with van der Waals surface area (Å²) in [6.45, 7) is 0. The van der Waals surface area contributed by atoms with Crippen molar-refractivity contribution in [3.05, 3.63) is 35.6 Å². The maximum atomic E-state index is 12.5. The Kier molecular flexibility index (Phi) is 2.76. The Morgan fingerprint density at radius 1 is 1.42 bits per heavy atom. The number of amidine groups is 1. The van der Waals surface area contributed by atoms with Gasteiger partial charge in [0.2, 0.25) is 0 Å². The molecule has 0 saturated carbocycles. The number of hydrazine groups is 1. The maximum absolute atomic E-state index is 12.5. The third kappa shape index (κ3) is 1.79. The van der Waals surface area contributed by atoms with Gasteiger partial charge in [-0.2, -0.15) is 0 Å². The van der Waals surface area contributed by atoms with Crippen LogP contribution in [0.15, 0.2) is 29.3 Å². The Hall–Kier alpha value is -1.42. The van der Waals surface area contributed by atoms with Gasteiger partial charge in [-0.05, 0) is 24.3 Å². The van der Waals surface area contributed by atoms with Crippen LogP contribution in [0.3, 0.4) is 0 Å². The van der Waals surface area contributed by atoms with Gasteiger partial charge < -0.3 is 5.43 Å². The van der Waals surface area contributed by atoms with Crippen molar-refractivity contribution in [2.24, 2.45) is 10.8 Å². The van der Waals surface area contributed by atoms with Crippen LogP contribution in [-0.4, -0.2) is 12.9 Å². The Morgan fingerprint density at radius 3 is 2.42 bits per heavy atom. The molecular formula is C8H10FN3. The van der Waals surface area contributed by atoms with E-state index in [-0.39, 0.29) is 5.82 Å². The number of rotatable bonds is 1. The van der Waals surface area contributed by atoms with Crippen molar-refractivity contribution in [2.45, 2.75) is 0 Å². The van der Waals surface area contributed by atoms with Crippen LogP contribution < -0.4 is 11.3 Å². The molecule has 1 rings (SSSR count). The molecular weight excluding hydrogens is 157 g/mol. The van der Waals surface area contributed by atoms with Crippen molar-refractivity contribution in [3.8, 4) is 0 Å². The van der Waals surface area contributed by atoms with Gasteiger partial charge in [-0.15, -0.1) is 0 Å². The zero-order valence-electron chi connectivity index (χ0n) is 6.71. The van der Waals surface area contributed by atoms with Crippen molar-refractivity contribution >= 4 is 5.84 Å². The highest BCUT2D eigenvalue weighted by molar-refractivity contribution is 5.98. The fourth-order valence-corrected chi connectivity index (χ4v) is 0.885. The SMILES string of the molecule is CN=C(NN)c1ccc(F)cc1. The van der Waals surface area contributed by atoms with Crippen LogP contribution in [-0.2, 0) is 0 Å². The van der Waals surface area contributed by atoms with E-state index in [0.717, 1.165) is 5.56 Å². The standard InChI is InChI=1S/C8H10FN3/c1-11-8(12-10)6-2-4-7(9)5-3-6/h2-5H,10H2,1H3,(H,11,12). The monoisotopic (exact) mass is 167 g/mol. The molecule has 0 spiro atoms. The van der Waals surface area contributed by atoms with E-state index in [9.17, 15) is 4.39 Å². The first-order valence-electron chi connectivity index (χ1n) is 3.47. The highest BCUT2D eigenvalue weighted by Gasteiger charge is 1.98. The summed E-state index contributed by atoms with van der Waals surface area (Å²) in [5.41, 5.74) is 3.18. The van der Waals surface area contributed by atoms with E-state index in [1.54, 1.807) is 19.2 Å². The van der Waals surface area contributed by atoms with E-state index in [4.69, 9.17) is 5.84 Å². The second-order valence-electron chi connectivity index (χ2n) is 2.22. The van der Waals surface area contributed by atoms with Crippen LogP contribution in [0.25, 0.3) is 0 Å². The van der Waals surface area contributed by atoms with Crippen LogP contribution in [0.4, 0.5) is 4.39 Å². The lowest BCUT2D eigenvalue weighted by molar-refractivity contribution is 0.627. The molecule has 0 saturated heterocycles. The van der Waals surface area contributed by atoms with Gasteiger partial charge in [-0.25, -0.2) is 10.2 Å². The lowest BCUT2D eigenvalue weighted by Gasteiger charge is -2.03. The normalized spacial score (nSPS) is 11.4. The molecule has 12 heavy (non-hydrogen) atoms. The minimum atomic E-state index is -0.272. The van der Waals surface area contributed by atoms with E-state index in [1.165, 1.54) is 12.1 Å². The molecule has 0 amide bonds. The summed E-state index contributed by atoms with van der Waals surface area (Å²) in [5, 5.41) is 0. The second-order valence-corrected chi connectivity index (χ2v) is 2.22. The van der Waals surface area contributed by atoms with Crippen LogP contribution in [0.2, 0.25) is 0 Å². The fraction of sp³-hybridized carbons (Fsp3) is 0.125. The summed E-state index contributed by atoms with van der Waals surface area (Å²) < 4.78 is 12.5. The topological polar surface area (TPSA) is 50.4 Å². The minimum Gasteiger partial charge on any atom is -0.308 e. The van der Waals surface area contributed by atoms with E-state index in [1.807, 2.05) is 0 Å². The van der Waals surface area contributed by atoms with Gasteiger partial charge in [0.25, 0.3) is 0 Å². The third-order valence-corrected chi connectivity index (χ3v) is 1.48. The predicted molar refractivity (Wildman–Crippen MR) is 46.2 cm³/mol. The molecule has 4 heteroatoms. The van der Waals surface area contributed by atoms with Gasteiger partial charge in [-0.3, -0.25) is 4.99 Å². The molecule has 0 aliphatic rings. The fourth-order valence-electron chi connectivity index (χ4n) is 0.885. The quantitative estimate of drug-likeness (QED) is 0.279. The molecule has 0 radical (unpaired) electrons. The molecule has 0 atom stereocenters. The second kappa shape index (κ2) is 3.82. The summed E-state index contributed by atoms with van der Waals surface area (Å²) in [6.07, 6.45) is 0.